The predicted molar refractivity (Wildman–Crippen MR) is 570 cm³/mol. The number of anilines is 3. The van der Waals surface area contributed by atoms with Gasteiger partial charge in [-0.2, -0.15) is 111 Å². The standard InChI is InChI=1S/C22H24N2.C21H28N2.C20H28N2.3C15H10N.3C5H12O2.3Ir/c1-23-16-22(24(17-23)21-10-6-3-7-11-21)20-14-12-19(13-15-20)18-8-4-2-5-9-18;1-22-16-20(23(17-22)19-8-4-2-5-9-19)18-10-14-21(15-11-18)12-6-3-7-13-21;1-19(2)11-16(12-20(3,4)14-19)18-13-21(5)15-22(18)17-9-7-6-8-10-17;3*1-2-7-13(8-3-1)15-14-9-5-4-6-12(14)10-11-16-15;3*1-4(6)3-5(2)7;;;/h3,6-7,10,12-18H,2,4-5,8-9H2,1H3;2,4-5,8,16-18H,3,6-7,10-15H2,1H3;6-9,13,15-16H,11-12,14H2,1-5H3;3*1-7,9-11H;3*4-7H,3H2,1-2H3;;;/q3*-2;3*-1;;;;3*+3. The Morgan fingerprint density at radius 1 is 0.333 bits per heavy atom. The van der Waals surface area contributed by atoms with Crippen LogP contribution in [0.4, 0.5) is 17.1 Å². The van der Waals surface area contributed by atoms with Gasteiger partial charge in [0.25, 0.3) is 0 Å². The average Bonchev–Trinajstić information content (AvgIpc) is 1.67. The molecular weight excluding hydrogens is 2280 g/mol. The van der Waals surface area contributed by atoms with E-state index in [1.54, 1.807) is 41.5 Å². The molecule has 7 aliphatic rings. The maximum Gasteiger partial charge on any atom is 3.00 e. The monoisotopic (exact) mass is 2420 g/mol. The van der Waals surface area contributed by atoms with Crippen molar-refractivity contribution in [2.75, 3.05) is 35.8 Å². The summed E-state index contributed by atoms with van der Waals surface area (Å²) in [4.78, 5) is 26.7. The summed E-state index contributed by atoms with van der Waals surface area (Å²) in [7, 11) is 6.32. The van der Waals surface area contributed by atoms with Crippen molar-refractivity contribution in [1.29, 1.82) is 0 Å². The van der Waals surface area contributed by atoms with Gasteiger partial charge in [-0.3, -0.25) is 0 Å². The molecule has 3 aliphatic heterocycles. The summed E-state index contributed by atoms with van der Waals surface area (Å²) in [6, 6.07) is 108. The molecule has 6 atom stereocenters. The van der Waals surface area contributed by atoms with E-state index >= 15 is 0 Å². The van der Waals surface area contributed by atoms with Gasteiger partial charge in [0, 0.05) is 35.7 Å². The minimum Gasteiger partial charge on any atom is -0.510 e. The molecule has 20 rings (SSSR count). The van der Waals surface area contributed by atoms with Crippen molar-refractivity contribution in [2.24, 2.45) is 28.1 Å². The molecule has 0 saturated heterocycles. The van der Waals surface area contributed by atoms with E-state index < -0.39 is 0 Å². The van der Waals surface area contributed by atoms with Crippen LogP contribution in [-0.2, 0) is 60.3 Å². The zero-order valence-corrected chi connectivity index (χ0v) is 91.8. The van der Waals surface area contributed by atoms with Crippen molar-refractivity contribution in [3.63, 3.8) is 0 Å². The van der Waals surface area contributed by atoms with Gasteiger partial charge in [0.1, 0.15) is 0 Å². The van der Waals surface area contributed by atoms with E-state index in [2.05, 4.69) is 265 Å². The van der Waals surface area contributed by atoms with E-state index in [0.717, 1.165) is 51.1 Å². The summed E-state index contributed by atoms with van der Waals surface area (Å²) in [6.45, 7) is 26.1. The fourth-order valence-corrected chi connectivity index (χ4v) is 20.5. The van der Waals surface area contributed by atoms with Gasteiger partial charge in [-0.1, -0.05) is 163 Å². The van der Waals surface area contributed by atoms with Crippen LogP contribution in [-0.4, -0.2) is 118 Å². The van der Waals surface area contributed by atoms with Gasteiger partial charge in [-0.25, -0.2) is 0 Å². The molecule has 10 aromatic carbocycles. The van der Waals surface area contributed by atoms with E-state index in [0.29, 0.717) is 47.3 Å². The maximum atomic E-state index is 8.56. The summed E-state index contributed by atoms with van der Waals surface area (Å²) in [5, 5.41) is 58.5. The van der Waals surface area contributed by atoms with Crippen LogP contribution in [0.15, 0.2) is 309 Å². The third kappa shape index (κ3) is 35.6. The molecule has 15 nitrogen and oxygen atoms in total. The van der Waals surface area contributed by atoms with E-state index in [-0.39, 0.29) is 96.9 Å². The number of aliphatic hydroxyl groups excluding tert-OH is 6. The van der Waals surface area contributed by atoms with Crippen LogP contribution in [0.3, 0.4) is 0 Å². The van der Waals surface area contributed by atoms with Crippen molar-refractivity contribution >= 4 is 55.1 Å². The van der Waals surface area contributed by atoms with Crippen LogP contribution in [0.25, 0.3) is 71.8 Å². The Bertz CT molecular complexity index is 5500. The van der Waals surface area contributed by atoms with Crippen LogP contribution in [0.1, 0.15) is 215 Å². The van der Waals surface area contributed by atoms with Crippen LogP contribution in [0, 0.1) is 84.5 Å². The summed E-state index contributed by atoms with van der Waals surface area (Å²) in [6.07, 6.45) is 35.2. The number of pyridine rings is 3. The first-order chi connectivity index (χ1) is 66.6. The Hall–Kier alpha value is -9.84. The Morgan fingerprint density at radius 3 is 0.993 bits per heavy atom. The Kier molecular flexibility index (Phi) is 46.9. The molecule has 4 saturated carbocycles. The first kappa shape index (κ1) is 115. The number of aromatic nitrogens is 3. The van der Waals surface area contributed by atoms with Crippen LogP contribution >= 0.6 is 0 Å². The van der Waals surface area contributed by atoms with Crippen LogP contribution in [0.5, 0.6) is 0 Å². The van der Waals surface area contributed by atoms with Gasteiger partial charge in [-0.05, 0) is 284 Å². The van der Waals surface area contributed by atoms with E-state index in [4.69, 9.17) is 30.6 Å². The molecule has 0 bridgehead atoms. The van der Waals surface area contributed by atoms with Gasteiger partial charge in [0.15, 0.2) is 0 Å². The SMILES string of the molecule is CC(O)CC(C)O.CC(O)CC(C)O.CC(O)CC(C)O.CN1C=C(C2CC(C)(C)CC(C)(C)C2)N(c2[c-]cccc2)[CH-]1.CN1C=C(C2CCC3(CCCCC3)CC2)N(c2[c-]cccc2)[CH-]1.CN1C=C(c2ccc(C3CCCCC3)cc2)N(c2[c-]cccc2)[CH-]1.[Ir+3].[Ir+3].[Ir+3].[c-]1ccccc1-c1nccc2ccccc12.[c-]1ccccc1-c1nccc2ccccc12.[c-]1ccccc1-c1nccc2ccccc12. The number of hydrogen-bond donors (Lipinski definition) is 6. The minimum absolute atomic E-state index is 0. The number of fused-ring (bicyclic) bond motifs is 3. The number of aliphatic hydroxyl groups is 6. The number of benzene rings is 10. The first-order valence-electron chi connectivity index (χ1n) is 49.8. The third-order valence-electron chi connectivity index (χ3n) is 26.2. The van der Waals surface area contributed by atoms with Gasteiger partial charge >= 0.3 is 60.3 Å². The Balaban J connectivity index is 0.000000182. The molecule has 4 aliphatic carbocycles. The molecule has 141 heavy (non-hydrogen) atoms. The van der Waals surface area contributed by atoms with Gasteiger partial charge in [-0.15, -0.1) is 125 Å². The van der Waals surface area contributed by atoms with E-state index in [1.807, 2.05) is 182 Å². The van der Waals surface area contributed by atoms with Gasteiger partial charge in [0.2, 0.25) is 0 Å². The normalized spacial score (nSPS) is 17.5. The second-order valence-electron chi connectivity index (χ2n) is 40.0. The summed E-state index contributed by atoms with van der Waals surface area (Å²) >= 11 is 0. The van der Waals surface area contributed by atoms with Crippen LogP contribution < -0.4 is 14.7 Å². The van der Waals surface area contributed by atoms with Crippen LogP contribution in [0.2, 0.25) is 0 Å². The molecule has 6 heterocycles. The summed E-state index contributed by atoms with van der Waals surface area (Å²) < 4.78 is 0. The number of para-hydroxylation sites is 3. The van der Waals surface area contributed by atoms with Crippen molar-refractivity contribution in [3.05, 3.63) is 377 Å². The minimum atomic E-state index is -0.375. The smallest absolute Gasteiger partial charge is 0.510 e. The predicted octanol–water partition coefficient (Wildman–Crippen LogP) is 27.3. The Morgan fingerprint density at radius 2 is 0.652 bits per heavy atom. The fraction of sp³-hybridized carbons (Fsp3) is 0.366. The number of nitrogens with zero attached hydrogens (tertiary/aromatic N) is 9. The molecule has 13 aromatic rings. The number of rotatable bonds is 16. The molecule has 4 fully saturated rings. The summed E-state index contributed by atoms with van der Waals surface area (Å²) in [5.74, 6) is 2.07. The molecule has 0 amide bonds. The van der Waals surface area contributed by atoms with Crippen molar-refractivity contribution in [1.82, 2.24) is 29.7 Å². The molecular formula is C123H146Ir3N9O6. The Labute approximate surface area is 883 Å². The first-order valence-corrected chi connectivity index (χ1v) is 49.8. The fourth-order valence-electron chi connectivity index (χ4n) is 20.5. The van der Waals surface area contributed by atoms with Gasteiger partial charge in [0.05, 0.1) is 36.6 Å². The maximum absolute atomic E-state index is 8.56. The van der Waals surface area contributed by atoms with Gasteiger partial charge < -0.3 is 75.0 Å². The topological polar surface area (TPSA) is 179 Å². The molecule has 0 radical (unpaired) electrons. The molecule has 18 heteroatoms. The van der Waals surface area contributed by atoms with E-state index in [9.17, 15) is 0 Å². The van der Waals surface area contributed by atoms with Crippen molar-refractivity contribution < 1.29 is 91.0 Å². The zero-order chi connectivity index (χ0) is 98.0. The summed E-state index contributed by atoms with van der Waals surface area (Å²) in [5.41, 5.74) is 17.9. The molecule has 6 N–H and O–H groups in total. The average molecular weight is 2420 g/mol. The van der Waals surface area contributed by atoms with Crippen molar-refractivity contribution in [3.8, 4) is 33.8 Å². The van der Waals surface area contributed by atoms with Crippen molar-refractivity contribution in [2.45, 2.75) is 240 Å². The third-order valence-corrected chi connectivity index (χ3v) is 26.2. The van der Waals surface area contributed by atoms with E-state index in [1.165, 1.54) is 175 Å². The zero-order valence-electron chi connectivity index (χ0n) is 84.6. The largest absolute Gasteiger partial charge is 3.00 e. The number of allylic oxidation sites excluding steroid dienone is 2. The quantitative estimate of drug-likeness (QED) is 0.0503. The molecule has 1 spiro atoms. The molecule has 3 aromatic heterocycles. The number of hydrogen-bond acceptors (Lipinski definition) is 15. The second-order valence-corrected chi connectivity index (χ2v) is 40.0. The molecule has 746 valence electrons. The second kappa shape index (κ2) is 57.6. The molecule has 6 unspecified atom stereocenters.